The van der Waals surface area contributed by atoms with Crippen LogP contribution in [-0.4, -0.2) is 25.9 Å². The summed E-state index contributed by atoms with van der Waals surface area (Å²) in [4.78, 5) is 11.7. The number of carbonyl (C=O) groups is 1. The average molecular weight is 333 g/mol. The maximum absolute atomic E-state index is 12.4. The lowest BCUT2D eigenvalue weighted by Crippen LogP contribution is -2.19. The van der Waals surface area contributed by atoms with Crippen molar-refractivity contribution in [2.75, 3.05) is 5.32 Å². The number of hydrogen-bond donors (Lipinski definition) is 1. The summed E-state index contributed by atoms with van der Waals surface area (Å²) in [7, 11) is 0. The van der Waals surface area contributed by atoms with Crippen molar-refractivity contribution in [3.05, 3.63) is 23.0 Å². The van der Waals surface area contributed by atoms with Crippen LogP contribution in [0.25, 0.3) is 0 Å². The van der Waals surface area contributed by atoms with Crippen LogP contribution in [0.4, 0.5) is 18.3 Å². The van der Waals surface area contributed by atoms with Crippen LogP contribution >= 0.6 is 11.3 Å². The Morgan fingerprint density at radius 3 is 2.82 bits per heavy atom. The van der Waals surface area contributed by atoms with Crippen LogP contribution in [0.3, 0.4) is 0 Å². The van der Waals surface area contributed by atoms with Gasteiger partial charge in [0, 0.05) is 12.6 Å². The number of hydrogen-bond acceptors (Lipinski definition) is 5. The molecule has 0 aromatic carbocycles. The monoisotopic (exact) mass is 333 g/mol. The van der Waals surface area contributed by atoms with Gasteiger partial charge in [-0.2, -0.15) is 18.3 Å². The molecule has 0 aliphatic rings. The number of alkyl halides is 3. The molecule has 0 saturated heterocycles. The number of rotatable bonds is 6. The number of amides is 1. The Kier molecular flexibility index (Phi) is 5.11. The fourth-order valence-corrected chi connectivity index (χ4v) is 2.44. The molecule has 0 unspecified atom stereocenters. The number of carbonyl (C=O) groups excluding carboxylic acids is 1. The molecule has 0 aliphatic carbocycles. The zero-order chi connectivity index (χ0) is 16.2. The van der Waals surface area contributed by atoms with E-state index in [1.54, 1.807) is 0 Å². The van der Waals surface area contributed by atoms with Gasteiger partial charge < -0.3 is 0 Å². The molecule has 0 radical (unpaired) electrons. The molecule has 0 aliphatic heterocycles. The summed E-state index contributed by atoms with van der Waals surface area (Å²) in [5.74, 6) is -0.505. The predicted molar refractivity (Wildman–Crippen MR) is 74.4 cm³/mol. The molecular weight excluding hydrogens is 319 g/mol. The Hall–Kier alpha value is -1.97. The lowest BCUT2D eigenvalue weighted by atomic mass is 10.3. The summed E-state index contributed by atoms with van der Waals surface area (Å²) in [5.41, 5.74) is -1.03. The summed E-state index contributed by atoms with van der Waals surface area (Å²) in [6.45, 7) is 1.74. The highest BCUT2D eigenvalue weighted by Gasteiger charge is 2.33. The van der Waals surface area contributed by atoms with Gasteiger partial charge in [0.1, 0.15) is 11.6 Å². The first-order chi connectivity index (χ1) is 10.4. The largest absolute Gasteiger partial charge is 0.435 e. The molecule has 22 heavy (non-hydrogen) atoms. The van der Waals surface area contributed by atoms with Crippen LogP contribution in [0.5, 0.6) is 0 Å². The Morgan fingerprint density at radius 2 is 2.18 bits per heavy atom. The predicted octanol–water partition coefficient (Wildman–Crippen LogP) is 2.73. The quantitative estimate of drug-likeness (QED) is 0.882. The van der Waals surface area contributed by atoms with Crippen LogP contribution in [0.2, 0.25) is 0 Å². The molecule has 120 valence electrons. The van der Waals surface area contributed by atoms with E-state index in [1.807, 2.05) is 0 Å². The lowest BCUT2D eigenvalue weighted by Gasteiger charge is -2.03. The minimum atomic E-state index is -4.52. The number of aryl methyl sites for hydroxylation is 1. The third kappa shape index (κ3) is 4.52. The molecule has 0 atom stereocenters. The maximum Gasteiger partial charge on any atom is 0.435 e. The van der Waals surface area contributed by atoms with Gasteiger partial charge in [-0.1, -0.05) is 24.7 Å². The molecule has 10 heteroatoms. The van der Waals surface area contributed by atoms with Crippen LogP contribution in [0.1, 0.15) is 30.5 Å². The van der Waals surface area contributed by atoms with Gasteiger partial charge in [-0.15, -0.1) is 10.2 Å². The number of nitrogens with zero attached hydrogens (tertiary/aromatic N) is 4. The molecule has 1 amide bonds. The van der Waals surface area contributed by atoms with E-state index in [2.05, 4.69) is 27.5 Å². The van der Waals surface area contributed by atoms with Gasteiger partial charge in [0.25, 0.3) is 0 Å². The zero-order valence-corrected chi connectivity index (χ0v) is 12.5. The van der Waals surface area contributed by atoms with E-state index in [0.717, 1.165) is 41.2 Å². The molecule has 2 aromatic rings. The second kappa shape index (κ2) is 6.86. The fraction of sp³-hybridized carbons (Fsp3) is 0.500. The van der Waals surface area contributed by atoms with Gasteiger partial charge in [0.2, 0.25) is 11.0 Å². The van der Waals surface area contributed by atoms with E-state index in [0.29, 0.717) is 5.13 Å². The van der Waals surface area contributed by atoms with Crippen LogP contribution in [0.15, 0.2) is 12.3 Å². The first-order valence-electron chi connectivity index (χ1n) is 6.61. The van der Waals surface area contributed by atoms with Gasteiger partial charge in [-0.3, -0.25) is 14.8 Å². The normalized spacial score (nSPS) is 11.6. The van der Waals surface area contributed by atoms with Gasteiger partial charge >= 0.3 is 6.18 Å². The Morgan fingerprint density at radius 1 is 1.41 bits per heavy atom. The van der Waals surface area contributed by atoms with Crippen LogP contribution in [0, 0.1) is 0 Å². The molecule has 0 fully saturated rings. The van der Waals surface area contributed by atoms with E-state index in [1.165, 1.54) is 11.3 Å². The lowest BCUT2D eigenvalue weighted by molar-refractivity contribution is -0.141. The summed E-state index contributed by atoms with van der Waals surface area (Å²) in [6.07, 6.45) is -0.610. The highest BCUT2D eigenvalue weighted by atomic mass is 32.1. The topological polar surface area (TPSA) is 72.7 Å². The molecule has 6 nitrogen and oxygen atoms in total. The van der Waals surface area contributed by atoms with Gasteiger partial charge in [0.15, 0.2) is 5.69 Å². The maximum atomic E-state index is 12.4. The smallest absolute Gasteiger partial charge is 0.299 e. The first kappa shape index (κ1) is 16.4. The number of anilines is 1. The number of nitrogens with one attached hydrogen (secondary N) is 1. The summed E-state index contributed by atoms with van der Waals surface area (Å²) in [5, 5.41) is 14.7. The number of halogens is 3. The number of unbranched alkanes of at least 4 members (excludes halogenated alkanes) is 1. The molecule has 1 N–H and O–H groups in total. The van der Waals surface area contributed by atoms with Crippen molar-refractivity contribution >= 4 is 22.4 Å². The third-order valence-electron chi connectivity index (χ3n) is 2.69. The second-order valence-electron chi connectivity index (χ2n) is 4.55. The van der Waals surface area contributed by atoms with Crippen LogP contribution < -0.4 is 5.32 Å². The number of aromatic nitrogens is 4. The Labute approximate surface area is 128 Å². The minimum absolute atomic E-state index is 0.319. The van der Waals surface area contributed by atoms with Crippen molar-refractivity contribution < 1.29 is 18.0 Å². The highest BCUT2D eigenvalue weighted by Crippen LogP contribution is 2.27. The zero-order valence-electron chi connectivity index (χ0n) is 11.7. The Balaban J connectivity index is 1.90. The molecule has 2 aromatic heterocycles. The summed E-state index contributed by atoms with van der Waals surface area (Å²) < 4.78 is 38.1. The van der Waals surface area contributed by atoms with E-state index >= 15 is 0 Å². The Bertz CT molecular complexity index is 637. The summed E-state index contributed by atoms with van der Waals surface area (Å²) in [6, 6.07) is 0.821. The molecule has 0 bridgehead atoms. The van der Waals surface area contributed by atoms with E-state index in [-0.39, 0.29) is 6.54 Å². The van der Waals surface area contributed by atoms with Gasteiger partial charge in [0.05, 0.1) is 0 Å². The van der Waals surface area contributed by atoms with Crippen molar-refractivity contribution in [2.45, 2.75) is 38.9 Å². The fourth-order valence-electron chi connectivity index (χ4n) is 1.64. The molecule has 0 saturated carbocycles. The standard InChI is InChI=1S/C12H14F3N5OS/c1-2-3-4-10-17-18-11(22-10)16-9(21)7-20-6-5-8(19-20)12(13,14)15/h5-6H,2-4,7H2,1H3,(H,16,18,21). The van der Waals surface area contributed by atoms with Gasteiger partial charge in [-0.05, 0) is 12.5 Å². The van der Waals surface area contributed by atoms with Crippen molar-refractivity contribution in [1.29, 1.82) is 0 Å². The van der Waals surface area contributed by atoms with Crippen molar-refractivity contribution in [3.8, 4) is 0 Å². The van der Waals surface area contributed by atoms with E-state index < -0.39 is 17.8 Å². The van der Waals surface area contributed by atoms with Crippen LogP contribution in [-0.2, 0) is 23.9 Å². The summed E-state index contributed by atoms with van der Waals surface area (Å²) >= 11 is 1.26. The average Bonchev–Trinajstić information content (AvgIpc) is 3.05. The van der Waals surface area contributed by atoms with Crippen molar-refractivity contribution in [2.24, 2.45) is 0 Å². The third-order valence-corrected chi connectivity index (χ3v) is 3.59. The highest BCUT2D eigenvalue weighted by molar-refractivity contribution is 7.15. The second-order valence-corrected chi connectivity index (χ2v) is 5.61. The van der Waals surface area contributed by atoms with E-state index in [4.69, 9.17) is 0 Å². The molecule has 0 spiro atoms. The van der Waals surface area contributed by atoms with Crippen molar-refractivity contribution in [3.63, 3.8) is 0 Å². The first-order valence-corrected chi connectivity index (χ1v) is 7.43. The SMILES string of the molecule is CCCCc1nnc(NC(=O)Cn2ccc(C(F)(F)F)n2)s1. The molecule has 2 heterocycles. The van der Waals surface area contributed by atoms with Crippen molar-refractivity contribution in [1.82, 2.24) is 20.0 Å². The van der Waals surface area contributed by atoms with Gasteiger partial charge in [-0.25, -0.2) is 0 Å². The minimum Gasteiger partial charge on any atom is -0.299 e. The molecule has 2 rings (SSSR count). The molecular formula is C12H14F3N5OS. The van der Waals surface area contributed by atoms with E-state index in [9.17, 15) is 18.0 Å².